The lowest BCUT2D eigenvalue weighted by atomic mass is 9.89. The van der Waals surface area contributed by atoms with Gasteiger partial charge >= 0.3 is 0 Å². The van der Waals surface area contributed by atoms with Crippen molar-refractivity contribution in [3.8, 4) is 16.8 Å². The summed E-state index contributed by atoms with van der Waals surface area (Å²) in [6.45, 7) is 12.4. The van der Waals surface area contributed by atoms with Crippen LogP contribution in [0.15, 0.2) is 132 Å². The van der Waals surface area contributed by atoms with Crippen LogP contribution in [0.1, 0.15) is 63.3 Å². The van der Waals surface area contributed by atoms with E-state index in [0.29, 0.717) is 0 Å². The molecule has 0 radical (unpaired) electrons. The standard InChI is InChI=1S/C44H33N3O.2C2H6/c1-27-12-10-11-21-48-41-26-40-35(25-33(27)41)36-23-30(24-37-42(28-13-4-2-5-14-28)44(45)47(40)43(36)37)29-19-20-39-34(22-29)32-17-8-9-18-38(32)46(39)31-15-6-3-7-16-31;2*1-2/h2-8,10-13,15-17,19-26,28H,1,9,14,18,45H2;2*1-2H3. The zero-order chi connectivity index (χ0) is 35.9. The van der Waals surface area contributed by atoms with Crippen molar-refractivity contribution in [3.05, 3.63) is 150 Å². The molecule has 4 nitrogen and oxygen atoms in total. The van der Waals surface area contributed by atoms with Crippen molar-refractivity contribution in [1.29, 1.82) is 0 Å². The van der Waals surface area contributed by atoms with Gasteiger partial charge in [-0.3, -0.25) is 4.40 Å². The van der Waals surface area contributed by atoms with Gasteiger partial charge in [0.1, 0.15) is 11.4 Å². The zero-order valence-corrected chi connectivity index (χ0v) is 30.5. The topological polar surface area (TPSA) is 48.5 Å². The summed E-state index contributed by atoms with van der Waals surface area (Å²) in [5.74, 6) is 0.998. The first-order chi connectivity index (χ1) is 25.7. The first-order valence-corrected chi connectivity index (χ1v) is 18.7. The van der Waals surface area contributed by atoms with Crippen molar-refractivity contribution in [1.82, 2.24) is 8.97 Å². The fraction of sp³-hybridized carbons (Fsp3) is 0.167. The summed E-state index contributed by atoms with van der Waals surface area (Å²) < 4.78 is 10.8. The Morgan fingerprint density at radius 1 is 0.731 bits per heavy atom. The monoisotopic (exact) mass is 679 g/mol. The molecule has 52 heavy (non-hydrogen) atoms. The Hall–Kier alpha value is -6.00. The minimum atomic E-state index is 0.205. The molecule has 0 aliphatic heterocycles. The summed E-state index contributed by atoms with van der Waals surface area (Å²) in [7, 11) is 0. The van der Waals surface area contributed by atoms with Crippen molar-refractivity contribution in [3.63, 3.8) is 0 Å². The molecule has 0 spiro atoms. The molecule has 2 N–H and O–H groups in total. The Labute approximate surface area is 305 Å². The molecule has 0 saturated heterocycles. The number of hydrogen-bond donors (Lipinski definition) is 1. The third-order valence-corrected chi connectivity index (χ3v) is 10.4. The second-order valence-electron chi connectivity index (χ2n) is 13.1. The number of anilines is 1. The molecular weight excluding hydrogens is 635 g/mol. The highest BCUT2D eigenvalue weighted by Crippen LogP contribution is 2.46. The van der Waals surface area contributed by atoms with Gasteiger partial charge in [-0.2, -0.15) is 0 Å². The van der Waals surface area contributed by atoms with Gasteiger partial charge in [0.2, 0.25) is 0 Å². The summed E-state index contributed by atoms with van der Waals surface area (Å²) in [5, 5.41) is 6.72. The molecule has 1 unspecified atom stereocenters. The van der Waals surface area contributed by atoms with Gasteiger partial charge in [-0.05, 0) is 84.1 Å². The minimum Gasteiger partial charge on any atom is -0.464 e. The number of nitrogens with two attached hydrogens (primary N) is 1. The predicted octanol–water partition coefficient (Wildman–Crippen LogP) is 12.5. The molecule has 0 amide bonds. The molecule has 258 valence electrons. The smallest absolute Gasteiger partial charge is 0.136 e. The molecule has 10 rings (SSSR count). The van der Waals surface area contributed by atoms with Gasteiger partial charge in [0.25, 0.3) is 0 Å². The quantitative estimate of drug-likeness (QED) is 0.202. The van der Waals surface area contributed by atoms with Crippen LogP contribution in [0.3, 0.4) is 0 Å². The predicted molar refractivity (Wildman–Crippen MR) is 224 cm³/mol. The zero-order valence-electron chi connectivity index (χ0n) is 30.5. The van der Waals surface area contributed by atoms with Gasteiger partial charge in [0.15, 0.2) is 0 Å². The number of nitrogens with zero attached hydrogens (tertiary/aromatic N) is 2. The highest BCUT2D eigenvalue weighted by molar-refractivity contribution is 6.20. The molecule has 4 heteroatoms. The van der Waals surface area contributed by atoms with Gasteiger partial charge in [0.05, 0.1) is 22.8 Å². The van der Waals surface area contributed by atoms with E-state index in [4.69, 9.17) is 10.2 Å². The van der Waals surface area contributed by atoms with Gasteiger partial charge < -0.3 is 14.7 Å². The normalized spacial score (nSPS) is 14.8. The summed E-state index contributed by atoms with van der Waals surface area (Å²) in [6, 6.07) is 32.7. The van der Waals surface area contributed by atoms with E-state index in [2.05, 4.69) is 125 Å². The Morgan fingerprint density at radius 2 is 1.52 bits per heavy atom. The van der Waals surface area contributed by atoms with Crippen molar-refractivity contribution < 1.29 is 4.42 Å². The molecule has 2 aliphatic rings. The number of benzene rings is 4. The van der Waals surface area contributed by atoms with Crippen LogP contribution in [0.2, 0.25) is 0 Å². The largest absolute Gasteiger partial charge is 0.464 e. The van der Waals surface area contributed by atoms with E-state index < -0.39 is 0 Å². The summed E-state index contributed by atoms with van der Waals surface area (Å²) in [6.07, 6.45) is 18.2. The third kappa shape index (κ3) is 5.12. The van der Waals surface area contributed by atoms with Crippen molar-refractivity contribution in [2.75, 3.05) is 5.73 Å². The van der Waals surface area contributed by atoms with Crippen LogP contribution in [-0.2, 0) is 6.42 Å². The fourth-order valence-electron chi connectivity index (χ4n) is 8.28. The van der Waals surface area contributed by atoms with Crippen LogP contribution in [0.25, 0.3) is 78.5 Å². The molecule has 2 aliphatic carbocycles. The fourth-order valence-corrected chi connectivity index (χ4v) is 8.28. The molecular formula is C48H45N3O. The van der Waals surface area contributed by atoms with Crippen LogP contribution in [0.5, 0.6) is 0 Å². The van der Waals surface area contributed by atoms with Crippen LogP contribution < -0.4 is 11.0 Å². The van der Waals surface area contributed by atoms with E-state index in [9.17, 15) is 0 Å². The molecule has 0 saturated carbocycles. The SMILES string of the molecule is C=c1ccccoc2cc3c(cc12)c1cc(-c2ccc4c(c2)c2c(n4-c4ccccc4)CCC=C2)cc2c(C4C=CC=CC4)c(N)n3c21.CC.CC. The lowest BCUT2D eigenvalue weighted by Crippen LogP contribution is -2.02. The van der Waals surface area contributed by atoms with Gasteiger partial charge in [0, 0.05) is 61.4 Å². The Kier molecular flexibility index (Phi) is 8.68. The van der Waals surface area contributed by atoms with E-state index in [-0.39, 0.29) is 5.92 Å². The van der Waals surface area contributed by atoms with Crippen LogP contribution in [-0.4, -0.2) is 8.97 Å². The molecule has 0 fully saturated rings. The summed E-state index contributed by atoms with van der Waals surface area (Å²) in [4.78, 5) is 0. The van der Waals surface area contributed by atoms with Crippen LogP contribution in [0, 0.1) is 0 Å². The highest BCUT2D eigenvalue weighted by atomic mass is 16.3. The van der Waals surface area contributed by atoms with Gasteiger partial charge in [-0.15, -0.1) is 0 Å². The van der Waals surface area contributed by atoms with Gasteiger partial charge in [-0.25, -0.2) is 0 Å². The first-order valence-electron chi connectivity index (χ1n) is 18.7. The lowest BCUT2D eigenvalue weighted by Gasteiger charge is -2.15. The number of hydrogen-bond acceptors (Lipinski definition) is 2. The maximum atomic E-state index is 7.17. The van der Waals surface area contributed by atoms with E-state index in [1.165, 1.54) is 55.3 Å². The maximum Gasteiger partial charge on any atom is 0.136 e. The molecule has 1 atom stereocenters. The molecule has 4 aromatic heterocycles. The number of para-hydroxylation sites is 1. The number of nitrogen functional groups attached to an aromatic ring is 1. The average Bonchev–Trinajstić information content (AvgIpc) is 3.82. The Balaban J connectivity index is 0.000000937. The number of fused-ring (bicyclic) bond motifs is 7. The number of aromatic nitrogens is 2. The van der Waals surface area contributed by atoms with E-state index in [1.807, 2.05) is 45.9 Å². The first kappa shape index (κ1) is 33.2. The maximum absolute atomic E-state index is 7.17. The van der Waals surface area contributed by atoms with Gasteiger partial charge in [-0.1, -0.05) is 107 Å². The number of allylic oxidation sites excluding steroid dienone is 5. The Morgan fingerprint density at radius 3 is 2.33 bits per heavy atom. The van der Waals surface area contributed by atoms with Crippen molar-refractivity contribution >= 4 is 67.5 Å². The van der Waals surface area contributed by atoms with E-state index in [1.54, 1.807) is 6.26 Å². The average molecular weight is 680 g/mol. The van der Waals surface area contributed by atoms with Crippen LogP contribution in [0.4, 0.5) is 5.82 Å². The van der Waals surface area contributed by atoms with E-state index >= 15 is 0 Å². The van der Waals surface area contributed by atoms with Crippen molar-refractivity contribution in [2.45, 2.75) is 52.9 Å². The number of rotatable bonds is 3. The van der Waals surface area contributed by atoms with E-state index in [0.717, 1.165) is 57.7 Å². The molecule has 8 aromatic rings. The van der Waals surface area contributed by atoms with Crippen LogP contribution >= 0.6 is 0 Å². The molecule has 4 heterocycles. The molecule has 4 aromatic carbocycles. The Bertz CT molecular complexity index is 2790. The molecule has 0 bridgehead atoms. The lowest BCUT2D eigenvalue weighted by molar-refractivity contribution is 0.606. The highest BCUT2D eigenvalue weighted by Gasteiger charge is 2.26. The second kappa shape index (κ2) is 13.6. The van der Waals surface area contributed by atoms with Crippen molar-refractivity contribution in [2.24, 2.45) is 0 Å². The third-order valence-electron chi connectivity index (χ3n) is 10.4. The minimum absolute atomic E-state index is 0.205. The summed E-state index contributed by atoms with van der Waals surface area (Å²) in [5.41, 5.74) is 18.9. The summed E-state index contributed by atoms with van der Waals surface area (Å²) >= 11 is 0. The second-order valence-corrected chi connectivity index (χ2v) is 13.1.